The zero-order valence-electron chi connectivity index (χ0n) is 11.3. The Morgan fingerprint density at radius 2 is 1.69 bits per heavy atom. The maximum atomic E-state index is 11.0. The highest BCUT2D eigenvalue weighted by atomic mass is 16.4. The zero-order valence-corrected chi connectivity index (χ0v) is 11.3. The highest BCUT2D eigenvalue weighted by Gasteiger charge is 2.21. The molecule has 16 heavy (non-hydrogen) atoms. The summed E-state index contributed by atoms with van der Waals surface area (Å²) >= 11 is 0. The summed E-state index contributed by atoms with van der Waals surface area (Å²) in [5.41, 5.74) is 0. The minimum absolute atomic E-state index is 0.384. The molecular weight excluding hydrogens is 202 g/mol. The van der Waals surface area contributed by atoms with Crippen molar-refractivity contribution in [2.75, 3.05) is 6.54 Å². The summed E-state index contributed by atoms with van der Waals surface area (Å²) in [5.74, 6) is 0.985. The van der Waals surface area contributed by atoms with E-state index < -0.39 is 5.97 Å². The van der Waals surface area contributed by atoms with E-state index in [-0.39, 0.29) is 6.04 Å². The standard InChI is InChI=1S/C13H27NO2/c1-6-7-12(13(15)16)14-8-11(9(2)3)10(4)5/h9-12,14H,6-8H2,1-5H3,(H,15,16). The Kier molecular flexibility index (Phi) is 7.39. The van der Waals surface area contributed by atoms with Crippen molar-refractivity contribution in [2.45, 2.75) is 53.5 Å². The molecule has 3 heteroatoms. The number of hydrogen-bond acceptors (Lipinski definition) is 2. The van der Waals surface area contributed by atoms with E-state index in [2.05, 4.69) is 33.0 Å². The van der Waals surface area contributed by atoms with Gasteiger partial charge >= 0.3 is 5.97 Å². The summed E-state index contributed by atoms with van der Waals surface area (Å²) in [6.45, 7) is 11.6. The molecule has 0 fully saturated rings. The van der Waals surface area contributed by atoms with Crippen LogP contribution in [0.25, 0.3) is 0 Å². The molecule has 96 valence electrons. The Morgan fingerprint density at radius 3 is 2.00 bits per heavy atom. The number of aliphatic carboxylic acids is 1. The van der Waals surface area contributed by atoms with Crippen molar-refractivity contribution in [3.8, 4) is 0 Å². The minimum atomic E-state index is -0.729. The molecule has 0 aromatic heterocycles. The van der Waals surface area contributed by atoms with Gasteiger partial charge in [-0.3, -0.25) is 4.79 Å². The molecule has 0 saturated carbocycles. The van der Waals surface area contributed by atoms with E-state index in [0.717, 1.165) is 13.0 Å². The first-order valence-corrected chi connectivity index (χ1v) is 6.36. The molecule has 0 aliphatic carbocycles. The van der Waals surface area contributed by atoms with Crippen LogP contribution in [0.1, 0.15) is 47.5 Å². The molecule has 0 aliphatic heterocycles. The second kappa shape index (κ2) is 7.66. The van der Waals surface area contributed by atoms with Gasteiger partial charge in [0.2, 0.25) is 0 Å². The van der Waals surface area contributed by atoms with E-state index in [1.54, 1.807) is 0 Å². The largest absolute Gasteiger partial charge is 0.480 e. The number of hydrogen-bond donors (Lipinski definition) is 2. The normalized spacial score (nSPS) is 13.8. The van der Waals surface area contributed by atoms with Gasteiger partial charge in [-0.25, -0.2) is 0 Å². The number of nitrogens with one attached hydrogen (secondary N) is 1. The third-order valence-electron chi connectivity index (χ3n) is 3.19. The molecule has 3 nitrogen and oxygen atoms in total. The molecule has 0 aromatic carbocycles. The molecule has 1 unspecified atom stereocenters. The van der Waals surface area contributed by atoms with Crippen molar-refractivity contribution in [3.05, 3.63) is 0 Å². The van der Waals surface area contributed by atoms with Gasteiger partial charge in [0.05, 0.1) is 0 Å². The first-order valence-electron chi connectivity index (χ1n) is 6.36. The molecule has 2 N–H and O–H groups in total. The van der Waals surface area contributed by atoms with Crippen LogP contribution in [0.2, 0.25) is 0 Å². The van der Waals surface area contributed by atoms with Crippen LogP contribution >= 0.6 is 0 Å². The molecule has 0 aromatic rings. The Balaban J connectivity index is 4.20. The van der Waals surface area contributed by atoms with Crippen molar-refractivity contribution in [1.82, 2.24) is 5.32 Å². The van der Waals surface area contributed by atoms with Gasteiger partial charge in [0.15, 0.2) is 0 Å². The van der Waals surface area contributed by atoms with Crippen molar-refractivity contribution >= 4 is 5.97 Å². The van der Waals surface area contributed by atoms with Gasteiger partial charge in [0, 0.05) is 0 Å². The van der Waals surface area contributed by atoms with Gasteiger partial charge in [0.25, 0.3) is 0 Å². The van der Waals surface area contributed by atoms with Gasteiger partial charge < -0.3 is 10.4 Å². The van der Waals surface area contributed by atoms with Gasteiger partial charge in [-0.2, -0.15) is 0 Å². The van der Waals surface area contributed by atoms with Crippen LogP contribution in [0.3, 0.4) is 0 Å². The quantitative estimate of drug-likeness (QED) is 0.673. The van der Waals surface area contributed by atoms with Crippen LogP contribution in [0.4, 0.5) is 0 Å². The van der Waals surface area contributed by atoms with Gasteiger partial charge in [-0.1, -0.05) is 41.0 Å². The van der Waals surface area contributed by atoms with Crippen molar-refractivity contribution in [1.29, 1.82) is 0 Å². The Morgan fingerprint density at radius 1 is 1.19 bits per heavy atom. The second-order valence-electron chi connectivity index (χ2n) is 5.24. The van der Waals surface area contributed by atoms with E-state index in [1.165, 1.54) is 0 Å². The second-order valence-corrected chi connectivity index (χ2v) is 5.24. The molecule has 0 spiro atoms. The number of carbonyl (C=O) groups is 1. The smallest absolute Gasteiger partial charge is 0.320 e. The lowest BCUT2D eigenvalue weighted by Gasteiger charge is -2.26. The molecule has 0 bridgehead atoms. The van der Waals surface area contributed by atoms with Gasteiger partial charge in [-0.05, 0) is 30.7 Å². The highest BCUT2D eigenvalue weighted by molar-refractivity contribution is 5.73. The minimum Gasteiger partial charge on any atom is -0.480 e. The lowest BCUT2D eigenvalue weighted by atomic mass is 9.85. The fourth-order valence-corrected chi connectivity index (χ4v) is 2.12. The average Bonchev–Trinajstić information content (AvgIpc) is 2.15. The van der Waals surface area contributed by atoms with E-state index >= 15 is 0 Å². The SMILES string of the molecule is CCCC(NCC(C(C)C)C(C)C)C(=O)O. The molecule has 0 saturated heterocycles. The Bertz CT molecular complexity index is 194. The summed E-state index contributed by atoms with van der Waals surface area (Å²) in [6.07, 6.45) is 1.61. The summed E-state index contributed by atoms with van der Waals surface area (Å²) in [5, 5.41) is 12.2. The summed E-state index contributed by atoms with van der Waals surface area (Å²) in [4.78, 5) is 11.0. The summed E-state index contributed by atoms with van der Waals surface area (Å²) in [7, 11) is 0. The predicted molar refractivity (Wildman–Crippen MR) is 67.5 cm³/mol. The predicted octanol–water partition coefficient (Wildman–Crippen LogP) is 2.76. The van der Waals surface area contributed by atoms with Crippen LogP contribution in [0, 0.1) is 17.8 Å². The number of rotatable bonds is 8. The highest BCUT2D eigenvalue weighted by Crippen LogP contribution is 2.19. The first-order chi connectivity index (χ1) is 7.40. The molecule has 0 aliphatic rings. The van der Waals surface area contributed by atoms with Crippen molar-refractivity contribution in [2.24, 2.45) is 17.8 Å². The fraction of sp³-hybridized carbons (Fsp3) is 0.923. The first kappa shape index (κ1) is 15.4. The lowest BCUT2D eigenvalue weighted by Crippen LogP contribution is -2.41. The third kappa shape index (κ3) is 5.50. The van der Waals surface area contributed by atoms with Crippen LogP contribution < -0.4 is 5.32 Å². The number of carboxylic acids is 1. The van der Waals surface area contributed by atoms with Gasteiger partial charge in [-0.15, -0.1) is 0 Å². The third-order valence-corrected chi connectivity index (χ3v) is 3.19. The molecule has 0 rings (SSSR count). The molecule has 0 radical (unpaired) electrons. The molecule has 0 amide bonds. The monoisotopic (exact) mass is 229 g/mol. The van der Waals surface area contributed by atoms with Crippen LogP contribution in [0.15, 0.2) is 0 Å². The summed E-state index contributed by atoms with van der Waals surface area (Å²) in [6, 6.07) is -0.384. The Labute approximate surface area is 99.6 Å². The topological polar surface area (TPSA) is 49.3 Å². The van der Waals surface area contributed by atoms with E-state index in [4.69, 9.17) is 5.11 Å². The zero-order chi connectivity index (χ0) is 12.7. The van der Waals surface area contributed by atoms with E-state index in [0.29, 0.717) is 24.2 Å². The average molecular weight is 229 g/mol. The van der Waals surface area contributed by atoms with Crippen LogP contribution in [-0.4, -0.2) is 23.7 Å². The fourth-order valence-electron chi connectivity index (χ4n) is 2.12. The van der Waals surface area contributed by atoms with Crippen LogP contribution in [0.5, 0.6) is 0 Å². The number of carboxylic acid groups (broad SMARTS) is 1. The molecule has 0 heterocycles. The maximum absolute atomic E-state index is 11.0. The maximum Gasteiger partial charge on any atom is 0.320 e. The molecular formula is C13H27NO2. The van der Waals surface area contributed by atoms with E-state index in [1.807, 2.05) is 6.92 Å². The van der Waals surface area contributed by atoms with Crippen molar-refractivity contribution < 1.29 is 9.90 Å². The van der Waals surface area contributed by atoms with E-state index in [9.17, 15) is 4.79 Å². The molecule has 1 atom stereocenters. The van der Waals surface area contributed by atoms with Crippen molar-refractivity contribution in [3.63, 3.8) is 0 Å². The Hall–Kier alpha value is -0.570. The van der Waals surface area contributed by atoms with Gasteiger partial charge in [0.1, 0.15) is 6.04 Å². The lowest BCUT2D eigenvalue weighted by molar-refractivity contribution is -0.139. The van der Waals surface area contributed by atoms with Crippen LogP contribution in [-0.2, 0) is 4.79 Å². The summed E-state index contributed by atoms with van der Waals surface area (Å²) < 4.78 is 0.